The first-order valence-corrected chi connectivity index (χ1v) is 23.8. The van der Waals surface area contributed by atoms with Gasteiger partial charge in [0, 0.05) is 46.6 Å². The number of Topliss-reactive ketones (excluding diaryl/α,β-unsaturated/α-hetero) is 2. The lowest BCUT2D eigenvalue weighted by Crippen LogP contribution is -2.57. The summed E-state index contributed by atoms with van der Waals surface area (Å²) in [7, 11) is 4.85. The number of aliphatic hydroxyl groups is 3. The number of ether oxygens (including phenoxy) is 4. The molecule has 1 aromatic rings. The third kappa shape index (κ3) is 20.9. The van der Waals surface area contributed by atoms with Gasteiger partial charge in [0.1, 0.15) is 17.6 Å². The highest BCUT2D eigenvalue weighted by molar-refractivity contribution is 6.39. The van der Waals surface area contributed by atoms with Crippen molar-refractivity contribution in [3.8, 4) is 5.75 Å². The van der Waals surface area contributed by atoms with E-state index in [4.69, 9.17) is 18.9 Å². The van der Waals surface area contributed by atoms with Crippen LogP contribution in [0.1, 0.15) is 138 Å². The Kier molecular flexibility index (Phi) is 26.7. The number of aliphatic hydroxyl groups excluding tert-OH is 1. The average molecular weight is 928 g/mol. The van der Waals surface area contributed by atoms with E-state index in [0.717, 1.165) is 36.2 Å². The van der Waals surface area contributed by atoms with E-state index in [-0.39, 0.29) is 61.9 Å². The van der Waals surface area contributed by atoms with E-state index in [2.05, 4.69) is 19.9 Å². The number of benzene rings is 1. The summed E-state index contributed by atoms with van der Waals surface area (Å²) in [6.07, 6.45) is 15.8. The zero-order chi connectivity index (χ0) is 49.4. The average Bonchev–Trinajstić information content (AvgIpc) is 3.29. The van der Waals surface area contributed by atoms with Crippen LogP contribution in [0.2, 0.25) is 0 Å². The van der Waals surface area contributed by atoms with Crippen LogP contribution in [-0.2, 0) is 38.2 Å². The number of nitrogens with zero attached hydrogens (tertiary/aromatic N) is 1. The molecule has 14 nitrogen and oxygen atoms in total. The van der Waals surface area contributed by atoms with E-state index in [9.17, 15) is 44.4 Å². The number of carbonyl (C=O) groups excluding carboxylic acids is 4. The number of likely N-dealkylation sites (tertiary alicyclic amines) is 1. The van der Waals surface area contributed by atoms with Gasteiger partial charge in [0.15, 0.2) is 0 Å². The molecule has 1 amide bonds. The predicted molar refractivity (Wildman–Crippen MR) is 253 cm³/mol. The van der Waals surface area contributed by atoms with Crippen LogP contribution >= 0.6 is 0 Å². The van der Waals surface area contributed by atoms with Crippen LogP contribution < -0.4 is 4.74 Å². The quantitative estimate of drug-likeness (QED) is 0.0229. The third-order valence-electron chi connectivity index (χ3n) is 12.8. The molecule has 3 rings (SSSR count). The Balaban J connectivity index is 0.000000982. The molecule has 0 spiro atoms. The lowest BCUT2D eigenvalue weighted by Gasteiger charge is -2.35. The Morgan fingerprint density at radius 2 is 1.50 bits per heavy atom. The van der Waals surface area contributed by atoms with Gasteiger partial charge in [-0.25, -0.2) is 4.79 Å². The number of methoxy groups -OCH3 is 3. The molecule has 1 saturated carbocycles. The summed E-state index contributed by atoms with van der Waals surface area (Å²) < 4.78 is 22.0. The largest absolute Gasteiger partial charge is 0.480 e. The lowest BCUT2D eigenvalue weighted by molar-refractivity contribution is -0.208. The maximum absolute atomic E-state index is 13.0. The topological polar surface area (TPSA) is 206 Å². The Hall–Kier alpha value is -4.05. The van der Waals surface area contributed by atoms with Gasteiger partial charge in [-0.15, -0.1) is 0 Å². The number of esters is 1. The third-order valence-corrected chi connectivity index (χ3v) is 12.8. The molecule has 4 N–H and O–H groups in total. The molecule has 1 heterocycles. The molecule has 1 saturated heterocycles. The van der Waals surface area contributed by atoms with Gasteiger partial charge < -0.3 is 44.3 Å². The molecular weight excluding hydrogens is 847 g/mol. The summed E-state index contributed by atoms with van der Waals surface area (Å²) in [5.41, 5.74) is 2.31. The molecule has 9 atom stereocenters. The molecule has 66 heavy (non-hydrogen) atoms. The zero-order valence-electron chi connectivity index (χ0n) is 41.1. The van der Waals surface area contributed by atoms with Crippen LogP contribution in [0.5, 0.6) is 5.75 Å². The minimum atomic E-state index is -3.00. The molecule has 2 fully saturated rings. The SMILES string of the molecule is C/C=C/CC(=O)Oc1ccccc1.COC1CCCC(/C=C(\C)C[C@H](C)C(O)CC(=O)C/C=C(\C)CC(C)C[C@@H](CC(CC(C)C(O)(O)C(=O)C(=O)N2CCCCC2C(=O)O)OC)OC)C1. The number of carboxylic acid groups (broad SMARTS) is 1. The van der Waals surface area contributed by atoms with Crippen LogP contribution in [0, 0.1) is 23.7 Å². The van der Waals surface area contributed by atoms with Gasteiger partial charge in [-0.3, -0.25) is 19.2 Å². The highest BCUT2D eigenvalue weighted by Crippen LogP contribution is 2.31. The van der Waals surface area contributed by atoms with E-state index < -0.39 is 47.6 Å². The molecule has 1 aromatic carbocycles. The van der Waals surface area contributed by atoms with Crippen molar-refractivity contribution in [2.75, 3.05) is 27.9 Å². The van der Waals surface area contributed by atoms with Crippen LogP contribution in [0.3, 0.4) is 0 Å². The second-order valence-corrected chi connectivity index (χ2v) is 18.6. The van der Waals surface area contributed by atoms with E-state index >= 15 is 0 Å². The molecule has 1 aliphatic heterocycles. The van der Waals surface area contributed by atoms with E-state index in [0.29, 0.717) is 49.9 Å². The van der Waals surface area contributed by atoms with Crippen LogP contribution in [-0.4, -0.2) is 119 Å². The fourth-order valence-electron chi connectivity index (χ4n) is 8.88. The Labute approximate surface area is 393 Å². The van der Waals surface area contributed by atoms with Gasteiger partial charge >= 0.3 is 11.9 Å². The fraction of sp³-hybridized carbons (Fsp3) is 0.673. The standard InChI is InChI=1S/C41H69NO11.C11H12O2/c1-26(15-16-32(43)24-37(44)29(4)19-28(3)20-31-12-11-13-33(23-31)51-6)18-27(2)21-34(52-7)25-35(53-8)22-30(5)41(49,50)38(45)39(46)42-17-10-9-14-36(42)40(47)48;1-2-3-9-11(12)13-10-7-5-4-6-8-10/h15,20,27,29-31,33-37,44,49-50H,9-14,16-19,21-25H2,1-8H3,(H,47,48);2-8H,9H2,1H3/b26-15+,28-20+;3-2+/t27?,29-,30?,31?,33?,34-,35?,36?,37?;/m0./s1. The fourth-order valence-corrected chi connectivity index (χ4v) is 8.88. The van der Waals surface area contributed by atoms with Crippen molar-refractivity contribution in [2.24, 2.45) is 23.7 Å². The van der Waals surface area contributed by atoms with Gasteiger partial charge in [-0.2, -0.15) is 0 Å². The van der Waals surface area contributed by atoms with Crippen molar-refractivity contribution in [3.63, 3.8) is 0 Å². The number of carboxylic acids is 1. The number of hydrogen-bond donors (Lipinski definition) is 4. The monoisotopic (exact) mass is 928 g/mol. The second kappa shape index (κ2) is 30.4. The minimum Gasteiger partial charge on any atom is -0.480 e. The van der Waals surface area contributed by atoms with Crippen LogP contribution in [0.15, 0.2) is 65.8 Å². The van der Waals surface area contributed by atoms with Crippen LogP contribution in [0.25, 0.3) is 0 Å². The highest BCUT2D eigenvalue weighted by Gasteiger charge is 2.47. The summed E-state index contributed by atoms with van der Waals surface area (Å²) >= 11 is 0. The number of ketones is 2. The van der Waals surface area contributed by atoms with Gasteiger partial charge in [-0.1, -0.05) is 80.8 Å². The Bertz CT molecular complexity index is 1740. The van der Waals surface area contributed by atoms with E-state index in [1.54, 1.807) is 32.4 Å². The van der Waals surface area contributed by atoms with E-state index in [1.165, 1.54) is 32.4 Å². The number of carbonyl (C=O) groups is 5. The zero-order valence-corrected chi connectivity index (χ0v) is 41.1. The smallest absolute Gasteiger partial charge is 0.326 e. The first-order chi connectivity index (χ1) is 31.2. The number of piperidine rings is 1. The normalized spacial score (nSPS) is 21.2. The predicted octanol–water partition coefficient (Wildman–Crippen LogP) is 7.96. The lowest BCUT2D eigenvalue weighted by atomic mass is 9.84. The summed E-state index contributed by atoms with van der Waals surface area (Å²) in [4.78, 5) is 62.3. The van der Waals surface area contributed by atoms with Crippen LogP contribution in [0.4, 0.5) is 0 Å². The Morgan fingerprint density at radius 3 is 2.12 bits per heavy atom. The minimum absolute atomic E-state index is 0.00156. The van der Waals surface area contributed by atoms with Crippen molar-refractivity contribution >= 4 is 29.4 Å². The molecule has 0 bridgehead atoms. The maximum Gasteiger partial charge on any atom is 0.326 e. The molecule has 0 radical (unpaired) electrons. The van der Waals surface area contributed by atoms with Gasteiger partial charge in [0.05, 0.1) is 30.8 Å². The summed E-state index contributed by atoms with van der Waals surface area (Å²) in [6.45, 7) is 11.5. The summed E-state index contributed by atoms with van der Waals surface area (Å²) in [6, 6.07) is 7.88. The molecular formula is C52H81NO13. The Morgan fingerprint density at radius 1 is 0.833 bits per heavy atom. The number of para-hydroxylation sites is 1. The first kappa shape index (κ1) is 58.1. The summed E-state index contributed by atoms with van der Waals surface area (Å²) in [5.74, 6) is -6.96. The first-order valence-electron chi connectivity index (χ1n) is 23.8. The molecule has 14 heteroatoms. The van der Waals surface area contributed by atoms with Crippen molar-refractivity contribution in [1.82, 2.24) is 4.90 Å². The molecule has 7 unspecified atom stereocenters. The van der Waals surface area contributed by atoms with Crippen molar-refractivity contribution in [2.45, 2.75) is 174 Å². The molecule has 0 aromatic heterocycles. The number of allylic oxidation sites excluding steroid dienone is 5. The second-order valence-electron chi connectivity index (χ2n) is 18.6. The molecule has 1 aliphatic carbocycles. The van der Waals surface area contributed by atoms with Gasteiger partial charge in [0.25, 0.3) is 11.7 Å². The highest BCUT2D eigenvalue weighted by atomic mass is 16.5. The molecule has 2 aliphatic rings. The number of amides is 1. The summed E-state index contributed by atoms with van der Waals surface area (Å²) in [5, 5.41) is 41.9. The van der Waals surface area contributed by atoms with Crippen molar-refractivity contribution in [3.05, 3.63) is 65.8 Å². The van der Waals surface area contributed by atoms with E-state index in [1.807, 2.05) is 51.1 Å². The number of aliphatic carboxylic acids is 1. The molecule has 372 valence electrons. The van der Waals surface area contributed by atoms with Crippen molar-refractivity contribution in [1.29, 1.82) is 0 Å². The maximum atomic E-state index is 13.0. The number of rotatable bonds is 26. The number of hydrogen-bond acceptors (Lipinski definition) is 12. The van der Waals surface area contributed by atoms with Gasteiger partial charge in [-0.05, 0) is 121 Å². The van der Waals surface area contributed by atoms with Gasteiger partial charge in [0.2, 0.25) is 5.79 Å². The van der Waals surface area contributed by atoms with Crippen molar-refractivity contribution < 1.29 is 63.3 Å².